The molecular weight excluding hydrogens is 889 g/mol. The van der Waals surface area contributed by atoms with Crippen molar-refractivity contribution in [2.24, 2.45) is 0 Å². The molecule has 6 heteroatoms. The number of hydrogen-bond donors (Lipinski definition) is 0. The molecule has 0 spiro atoms. The van der Waals surface area contributed by atoms with Crippen LogP contribution in [0.2, 0.25) is 0 Å². The quantitative estimate of drug-likeness (QED) is 0.0261. The van der Waals surface area contributed by atoms with Crippen molar-refractivity contribution in [3.63, 3.8) is 0 Å². The molecule has 0 aromatic rings. The van der Waals surface area contributed by atoms with E-state index in [9.17, 15) is 14.4 Å². The van der Waals surface area contributed by atoms with Gasteiger partial charge in [0, 0.05) is 19.3 Å². The van der Waals surface area contributed by atoms with Gasteiger partial charge in [-0.1, -0.05) is 224 Å². The minimum absolute atomic E-state index is 0.125. The maximum atomic E-state index is 12.8. The zero-order chi connectivity index (χ0) is 52.2. The Hall–Kier alpha value is -4.71. The van der Waals surface area contributed by atoms with Gasteiger partial charge >= 0.3 is 17.9 Å². The Kier molecular flexibility index (Phi) is 55.0. The van der Waals surface area contributed by atoms with Crippen LogP contribution in [0.3, 0.4) is 0 Å². The van der Waals surface area contributed by atoms with Gasteiger partial charge in [-0.15, -0.1) is 0 Å². The molecule has 1 atom stereocenters. The van der Waals surface area contributed by atoms with Crippen molar-refractivity contribution in [3.8, 4) is 0 Å². The Balaban J connectivity index is 4.59. The maximum Gasteiger partial charge on any atom is 0.306 e. The van der Waals surface area contributed by atoms with Crippen LogP contribution in [0.15, 0.2) is 146 Å². The van der Waals surface area contributed by atoms with Gasteiger partial charge in [0.15, 0.2) is 6.10 Å². The first-order valence-electron chi connectivity index (χ1n) is 28.8. The van der Waals surface area contributed by atoms with E-state index < -0.39 is 6.10 Å². The summed E-state index contributed by atoms with van der Waals surface area (Å²) in [6, 6.07) is 0. The van der Waals surface area contributed by atoms with E-state index in [1.165, 1.54) is 57.8 Å². The van der Waals surface area contributed by atoms with E-state index in [-0.39, 0.29) is 44.0 Å². The second-order valence-electron chi connectivity index (χ2n) is 18.4. The van der Waals surface area contributed by atoms with Gasteiger partial charge in [0.05, 0.1) is 0 Å². The van der Waals surface area contributed by atoms with Gasteiger partial charge in [-0.2, -0.15) is 0 Å². The molecule has 0 radical (unpaired) electrons. The largest absolute Gasteiger partial charge is 0.462 e. The number of rotatable bonds is 50. The van der Waals surface area contributed by atoms with E-state index in [4.69, 9.17) is 14.2 Å². The number of allylic oxidation sites excluding steroid dienone is 24. The van der Waals surface area contributed by atoms with Crippen LogP contribution in [0.25, 0.3) is 0 Å². The smallest absolute Gasteiger partial charge is 0.306 e. The van der Waals surface area contributed by atoms with Crippen molar-refractivity contribution in [2.75, 3.05) is 13.2 Å². The van der Waals surface area contributed by atoms with Crippen molar-refractivity contribution in [2.45, 2.75) is 239 Å². The molecule has 0 N–H and O–H groups in total. The first kappa shape index (κ1) is 67.3. The lowest BCUT2D eigenvalue weighted by atomic mass is 10.1. The summed E-state index contributed by atoms with van der Waals surface area (Å²) in [5.74, 6) is -1.04. The molecule has 0 aromatic heterocycles. The first-order chi connectivity index (χ1) is 35.5. The van der Waals surface area contributed by atoms with Crippen molar-refractivity contribution in [3.05, 3.63) is 146 Å². The van der Waals surface area contributed by atoms with Crippen LogP contribution in [0, 0.1) is 0 Å². The molecule has 0 bridgehead atoms. The molecule has 0 fully saturated rings. The molecule has 72 heavy (non-hydrogen) atoms. The fraction of sp³-hybridized carbons (Fsp3) is 0.591. The lowest BCUT2D eigenvalue weighted by Crippen LogP contribution is -2.30. The fourth-order valence-electron chi connectivity index (χ4n) is 7.30. The Labute approximate surface area is 442 Å². The summed E-state index contributed by atoms with van der Waals surface area (Å²) in [5.41, 5.74) is 0. The predicted octanol–water partition coefficient (Wildman–Crippen LogP) is 19.6. The third kappa shape index (κ3) is 56.2. The summed E-state index contributed by atoms with van der Waals surface area (Å²) in [4.78, 5) is 38.2. The van der Waals surface area contributed by atoms with Gasteiger partial charge in [-0.3, -0.25) is 14.4 Å². The summed E-state index contributed by atoms with van der Waals surface area (Å²) in [6.07, 6.45) is 84.1. The summed E-state index contributed by atoms with van der Waals surface area (Å²) in [7, 11) is 0. The standard InChI is InChI=1S/C66H104O6/c1-4-7-10-13-16-19-22-25-28-31-32-33-34-36-38-41-44-47-50-53-56-59-65(68)71-62-63(61-70-64(67)58-55-52-49-46-43-40-37-30-27-24-21-18-15-12-9-6-3)72-66(69)60-57-54-51-48-45-42-39-35-29-26-23-20-17-14-11-8-5-2/h7-8,10-11,16-17,19-20,25-26,28-30,32-33,36-39,42,44,47-48,51,63H,4-6,9,12-15,18,21-24,27,31,34-35,40-41,43,45-46,49-50,52-62H2,1-3H3/b10-7-,11-8-,19-16-,20-17-,28-25-,29-26-,33-32-,37-30-,38-36-,42-39-,47-44-,51-48-. The summed E-state index contributed by atoms with van der Waals surface area (Å²) < 4.78 is 16.8. The Morgan fingerprint density at radius 1 is 0.292 bits per heavy atom. The average Bonchev–Trinajstić information content (AvgIpc) is 3.38. The zero-order valence-corrected chi connectivity index (χ0v) is 46.1. The summed E-state index contributed by atoms with van der Waals surface area (Å²) >= 11 is 0. The molecular formula is C66H104O6. The highest BCUT2D eigenvalue weighted by atomic mass is 16.6. The van der Waals surface area contributed by atoms with Crippen LogP contribution in [-0.4, -0.2) is 37.2 Å². The van der Waals surface area contributed by atoms with Crippen LogP contribution < -0.4 is 0 Å². The molecule has 6 nitrogen and oxygen atoms in total. The second-order valence-corrected chi connectivity index (χ2v) is 18.4. The minimum atomic E-state index is -0.836. The Morgan fingerprint density at radius 3 is 0.931 bits per heavy atom. The first-order valence-corrected chi connectivity index (χ1v) is 28.8. The highest BCUT2D eigenvalue weighted by Gasteiger charge is 2.19. The van der Waals surface area contributed by atoms with Gasteiger partial charge in [0.2, 0.25) is 0 Å². The van der Waals surface area contributed by atoms with Crippen molar-refractivity contribution < 1.29 is 28.6 Å². The van der Waals surface area contributed by atoms with Crippen LogP contribution in [0.1, 0.15) is 233 Å². The molecule has 404 valence electrons. The molecule has 0 saturated carbocycles. The third-order valence-corrected chi connectivity index (χ3v) is 11.6. The number of hydrogen-bond acceptors (Lipinski definition) is 6. The molecule has 0 rings (SSSR count). The molecule has 0 amide bonds. The average molecular weight is 994 g/mol. The van der Waals surface area contributed by atoms with Crippen LogP contribution >= 0.6 is 0 Å². The summed E-state index contributed by atoms with van der Waals surface area (Å²) in [6.45, 7) is 6.31. The normalized spacial score (nSPS) is 13.2. The lowest BCUT2D eigenvalue weighted by molar-refractivity contribution is -0.167. The monoisotopic (exact) mass is 993 g/mol. The van der Waals surface area contributed by atoms with Gasteiger partial charge in [-0.05, 0) is 135 Å². The van der Waals surface area contributed by atoms with E-state index in [1.807, 2.05) is 0 Å². The molecule has 0 aliphatic rings. The topological polar surface area (TPSA) is 78.9 Å². The Bertz CT molecular complexity index is 1610. The van der Waals surface area contributed by atoms with Gasteiger partial charge in [0.1, 0.15) is 13.2 Å². The van der Waals surface area contributed by atoms with E-state index in [1.54, 1.807) is 0 Å². The zero-order valence-electron chi connectivity index (χ0n) is 46.1. The molecule has 0 heterocycles. The van der Waals surface area contributed by atoms with Crippen LogP contribution in [-0.2, 0) is 28.6 Å². The van der Waals surface area contributed by atoms with Crippen molar-refractivity contribution in [1.82, 2.24) is 0 Å². The Morgan fingerprint density at radius 2 is 0.556 bits per heavy atom. The van der Waals surface area contributed by atoms with E-state index in [0.717, 1.165) is 122 Å². The summed E-state index contributed by atoms with van der Waals surface area (Å²) in [5, 5.41) is 0. The number of unbranched alkanes of at least 4 members (excludes halogenated alkanes) is 15. The maximum absolute atomic E-state index is 12.8. The molecule has 0 saturated heterocycles. The van der Waals surface area contributed by atoms with Crippen LogP contribution in [0.4, 0.5) is 0 Å². The number of ether oxygens (including phenoxy) is 3. The number of carbonyl (C=O) groups is 3. The molecule has 0 aliphatic carbocycles. The minimum Gasteiger partial charge on any atom is -0.462 e. The van der Waals surface area contributed by atoms with Crippen LogP contribution in [0.5, 0.6) is 0 Å². The lowest BCUT2D eigenvalue weighted by Gasteiger charge is -2.18. The fourth-order valence-corrected chi connectivity index (χ4v) is 7.30. The molecule has 1 unspecified atom stereocenters. The number of carbonyl (C=O) groups excluding carboxylic acids is 3. The van der Waals surface area contributed by atoms with Gasteiger partial charge in [-0.25, -0.2) is 0 Å². The van der Waals surface area contributed by atoms with Crippen molar-refractivity contribution in [1.29, 1.82) is 0 Å². The molecule has 0 aromatic carbocycles. The SMILES string of the molecule is CC/C=C\C/C=C\C/C=C\C/C=C\C/C=C\C/C=C\CCCCC(=O)OCC(COC(=O)CCCCCCC/C=C\CCCCCCCCC)OC(=O)CCC/C=C\C/C=C\C/C=C\C/C=C\C/C=C\CC. The predicted molar refractivity (Wildman–Crippen MR) is 311 cm³/mol. The van der Waals surface area contributed by atoms with E-state index in [0.29, 0.717) is 19.3 Å². The van der Waals surface area contributed by atoms with Gasteiger partial charge in [0.25, 0.3) is 0 Å². The number of esters is 3. The third-order valence-electron chi connectivity index (χ3n) is 11.6. The van der Waals surface area contributed by atoms with E-state index in [2.05, 4.69) is 167 Å². The highest BCUT2D eigenvalue weighted by molar-refractivity contribution is 5.71. The highest BCUT2D eigenvalue weighted by Crippen LogP contribution is 2.12. The van der Waals surface area contributed by atoms with Crippen molar-refractivity contribution >= 4 is 17.9 Å². The molecule has 0 aliphatic heterocycles. The van der Waals surface area contributed by atoms with E-state index >= 15 is 0 Å². The van der Waals surface area contributed by atoms with Gasteiger partial charge < -0.3 is 14.2 Å². The second kappa shape index (κ2) is 58.9.